The quantitative estimate of drug-likeness (QED) is 0.746. The summed E-state index contributed by atoms with van der Waals surface area (Å²) in [5.41, 5.74) is 1.19. The van der Waals surface area contributed by atoms with Gasteiger partial charge in [0.15, 0.2) is 0 Å². The highest BCUT2D eigenvalue weighted by Crippen LogP contribution is 2.28. The summed E-state index contributed by atoms with van der Waals surface area (Å²) in [4.78, 5) is 28.1. The number of amides is 2. The number of nitrogens with zero attached hydrogens (tertiary/aromatic N) is 2. The molecule has 0 N–H and O–H groups in total. The average molecular weight is 321 g/mol. The molecule has 0 aromatic heterocycles. The van der Waals surface area contributed by atoms with Gasteiger partial charge in [0.05, 0.1) is 0 Å². The van der Waals surface area contributed by atoms with Crippen molar-refractivity contribution in [2.75, 3.05) is 26.2 Å². The van der Waals surface area contributed by atoms with Gasteiger partial charge in [-0.15, -0.1) is 0 Å². The molecular formula is C17H21ClN2O2. The maximum atomic E-state index is 12.4. The molecule has 2 aliphatic heterocycles. The second kappa shape index (κ2) is 6.69. The lowest BCUT2D eigenvalue weighted by Gasteiger charge is -2.33. The van der Waals surface area contributed by atoms with Crippen molar-refractivity contribution in [1.29, 1.82) is 0 Å². The fourth-order valence-corrected chi connectivity index (χ4v) is 3.49. The monoisotopic (exact) mass is 320 g/mol. The number of carbonyl (C=O) groups excluding carboxylic acids is 2. The predicted molar refractivity (Wildman–Crippen MR) is 85.8 cm³/mol. The van der Waals surface area contributed by atoms with E-state index in [4.69, 9.17) is 11.6 Å². The van der Waals surface area contributed by atoms with Crippen molar-refractivity contribution in [3.8, 4) is 0 Å². The summed E-state index contributed by atoms with van der Waals surface area (Å²) in [5.74, 6) is -0.365. The Morgan fingerprint density at radius 1 is 0.909 bits per heavy atom. The van der Waals surface area contributed by atoms with Crippen molar-refractivity contribution < 1.29 is 9.59 Å². The molecule has 1 aromatic carbocycles. The third-order valence-electron chi connectivity index (χ3n) is 4.63. The maximum absolute atomic E-state index is 12.4. The molecule has 2 saturated heterocycles. The first-order valence-electron chi connectivity index (χ1n) is 7.99. The van der Waals surface area contributed by atoms with Gasteiger partial charge in [0.1, 0.15) is 0 Å². The second-order valence-corrected chi connectivity index (χ2v) is 6.58. The Balaban J connectivity index is 1.65. The standard InChI is InChI=1S/C17H21ClN2O2/c18-15-7-5-13(6-8-15)14-4-3-11-20(12-14)17(22)16(21)19-9-1-2-10-19/h5-8,14H,1-4,9-12H2/t14-/m0/s1. The van der Waals surface area contributed by atoms with Gasteiger partial charge in [-0.2, -0.15) is 0 Å². The van der Waals surface area contributed by atoms with Crippen LogP contribution in [0.4, 0.5) is 0 Å². The van der Waals surface area contributed by atoms with E-state index in [9.17, 15) is 9.59 Å². The number of carbonyl (C=O) groups is 2. The molecule has 1 atom stereocenters. The van der Waals surface area contributed by atoms with Crippen LogP contribution in [0.3, 0.4) is 0 Å². The van der Waals surface area contributed by atoms with Crippen molar-refractivity contribution >= 4 is 23.4 Å². The van der Waals surface area contributed by atoms with Gasteiger partial charge in [-0.25, -0.2) is 0 Å². The highest BCUT2D eigenvalue weighted by atomic mass is 35.5. The second-order valence-electron chi connectivity index (χ2n) is 6.14. The number of halogens is 1. The van der Waals surface area contributed by atoms with E-state index in [1.165, 1.54) is 5.56 Å². The minimum atomic E-state index is -0.333. The van der Waals surface area contributed by atoms with E-state index >= 15 is 0 Å². The van der Waals surface area contributed by atoms with Crippen LogP contribution in [0.5, 0.6) is 0 Å². The summed E-state index contributed by atoms with van der Waals surface area (Å²) in [6, 6.07) is 7.80. The average Bonchev–Trinajstić information content (AvgIpc) is 3.09. The zero-order valence-electron chi connectivity index (χ0n) is 12.6. The predicted octanol–water partition coefficient (Wildman–Crippen LogP) is 2.67. The Morgan fingerprint density at radius 2 is 1.50 bits per heavy atom. The summed E-state index contributed by atoms with van der Waals surface area (Å²) in [6.07, 6.45) is 3.99. The van der Waals surface area contributed by atoms with Crippen LogP contribution in [-0.2, 0) is 9.59 Å². The van der Waals surface area contributed by atoms with Gasteiger partial charge in [0.25, 0.3) is 0 Å². The summed E-state index contributed by atoms with van der Waals surface area (Å²) < 4.78 is 0. The number of piperidine rings is 1. The third kappa shape index (κ3) is 3.27. The topological polar surface area (TPSA) is 40.6 Å². The number of hydrogen-bond acceptors (Lipinski definition) is 2. The number of benzene rings is 1. The summed E-state index contributed by atoms with van der Waals surface area (Å²) in [7, 11) is 0. The van der Waals surface area contributed by atoms with E-state index in [-0.39, 0.29) is 11.8 Å². The number of likely N-dealkylation sites (tertiary alicyclic amines) is 2. The molecule has 2 fully saturated rings. The molecule has 0 spiro atoms. The molecule has 0 bridgehead atoms. The van der Waals surface area contributed by atoms with Crippen LogP contribution >= 0.6 is 11.6 Å². The van der Waals surface area contributed by atoms with Crippen LogP contribution in [0.25, 0.3) is 0 Å². The van der Waals surface area contributed by atoms with Crippen LogP contribution in [0.15, 0.2) is 24.3 Å². The van der Waals surface area contributed by atoms with Gasteiger partial charge in [-0.05, 0) is 43.4 Å². The van der Waals surface area contributed by atoms with Gasteiger partial charge in [-0.3, -0.25) is 9.59 Å². The van der Waals surface area contributed by atoms with Crippen LogP contribution in [-0.4, -0.2) is 47.8 Å². The van der Waals surface area contributed by atoms with Gasteiger partial charge in [0, 0.05) is 37.1 Å². The van der Waals surface area contributed by atoms with Gasteiger partial charge < -0.3 is 9.80 Å². The molecule has 4 nitrogen and oxygen atoms in total. The highest BCUT2D eigenvalue weighted by molar-refractivity contribution is 6.35. The molecule has 22 heavy (non-hydrogen) atoms. The Kier molecular flexibility index (Phi) is 4.67. The van der Waals surface area contributed by atoms with Gasteiger partial charge >= 0.3 is 11.8 Å². The van der Waals surface area contributed by atoms with Crippen molar-refractivity contribution in [1.82, 2.24) is 9.80 Å². The van der Waals surface area contributed by atoms with E-state index in [1.807, 2.05) is 24.3 Å². The van der Waals surface area contributed by atoms with E-state index in [2.05, 4.69) is 0 Å². The lowest BCUT2D eigenvalue weighted by molar-refractivity contribution is -0.151. The molecule has 3 rings (SSSR count). The Labute approximate surface area is 136 Å². The van der Waals surface area contributed by atoms with Crippen LogP contribution in [0, 0.1) is 0 Å². The first-order valence-corrected chi connectivity index (χ1v) is 8.36. The lowest BCUT2D eigenvalue weighted by atomic mass is 9.90. The fourth-order valence-electron chi connectivity index (χ4n) is 3.36. The summed E-state index contributed by atoms with van der Waals surface area (Å²) >= 11 is 5.93. The molecule has 2 aliphatic rings. The normalized spacial score (nSPS) is 22.0. The molecule has 1 aromatic rings. The Morgan fingerprint density at radius 3 is 2.18 bits per heavy atom. The molecule has 0 unspecified atom stereocenters. The smallest absolute Gasteiger partial charge is 0.312 e. The van der Waals surface area contributed by atoms with Gasteiger partial charge in [-0.1, -0.05) is 23.7 Å². The first-order chi connectivity index (χ1) is 10.6. The van der Waals surface area contributed by atoms with Crippen LogP contribution < -0.4 is 0 Å². The van der Waals surface area contributed by atoms with Crippen molar-refractivity contribution in [2.45, 2.75) is 31.6 Å². The van der Waals surface area contributed by atoms with Crippen molar-refractivity contribution in [2.24, 2.45) is 0 Å². The molecule has 5 heteroatoms. The largest absolute Gasteiger partial charge is 0.334 e. The van der Waals surface area contributed by atoms with E-state index < -0.39 is 0 Å². The summed E-state index contributed by atoms with van der Waals surface area (Å²) in [5, 5.41) is 0.719. The zero-order chi connectivity index (χ0) is 15.5. The molecule has 2 heterocycles. The molecule has 2 amide bonds. The van der Waals surface area contributed by atoms with E-state index in [1.54, 1.807) is 9.80 Å². The molecule has 0 radical (unpaired) electrons. The minimum absolute atomic E-state index is 0.293. The molecule has 118 valence electrons. The molecular weight excluding hydrogens is 300 g/mol. The van der Waals surface area contributed by atoms with E-state index in [0.717, 1.165) is 43.8 Å². The van der Waals surface area contributed by atoms with Gasteiger partial charge in [0.2, 0.25) is 0 Å². The fraction of sp³-hybridized carbons (Fsp3) is 0.529. The Bertz CT molecular complexity index is 552. The minimum Gasteiger partial charge on any atom is -0.334 e. The number of hydrogen-bond donors (Lipinski definition) is 0. The highest BCUT2D eigenvalue weighted by Gasteiger charge is 2.32. The number of rotatable bonds is 1. The van der Waals surface area contributed by atoms with Crippen LogP contribution in [0.1, 0.15) is 37.2 Å². The zero-order valence-corrected chi connectivity index (χ0v) is 13.4. The van der Waals surface area contributed by atoms with E-state index in [0.29, 0.717) is 19.0 Å². The summed E-state index contributed by atoms with van der Waals surface area (Å²) in [6.45, 7) is 2.75. The third-order valence-corrected chi connectivity index (χ3v) is 4.88. The first kappa shape index (κ1) is 15.3. The molecule has 0 saturated carbocycles. The Hall–Kier alpha value is -1.55. The maximum Gasteiger partial charge on any atom is 0.312 e. The van der Waals surface area contributed by atoms with Crippen LogP contribution in [0.2, 0.25) is 5.02 Å². The lowest BCUT2D eigenvalue weighted by Crippen LogP contribution is -2.47. The van der Waals surface area contributed by atoms with Crippen molar-refractivity contribution in [3.05, 3.63) is 34.9 Å². The molecule has 0 aliphatic carbocycles. The van der Waals surface area contributed by atoms with Crippen molar-refractivity contribution in [3.63, 3.8) is 0 Å². The SMILES string of the molecule is O=C(C(=O)N1CCC[C@H](c2ccc(Cl)cc2)C1)N1CCCC1.